The summed E-state index contributed by atoms with van der Waals surface area (Å²) in [5, 5.41) is 8.84. The van der Waals surface area contributed by atoms with Crippen molar-refractivity contribution in [1.29, 1.82) is 0 Å². The first kappa shape index (κ1) is 17.8. The first-order valence-corrected chi connectivity index (χ1v) is 8.87. The molecular formula is C22H19N3O3. The fraction of sp³-hybridized carbons (Fsp3) is 0.0909. The molecule has 0 saturated heterocycles. The molecule has 3 aromatic carbocycles. The Bertz CT molecular complexity index is 1120. The minimum atomic E-state index is -0.437. The molecule has 4 aromatic rings. The van der Waals surface area contributed by atoms with Crippen molar-refractivity contribution in [1.82, 2.24) is 9.55 Å². The largest absolute Gasteiger partial charge is 0.491 e. The molecule has 28 heavy (non-hydrogen) atoms. The Morgan fingerprint density at radius 1 is 1.00 bits per heavy atom. The van der Waals surface area contributed by atoms with Gasteiger partial charge in [-0.25, -0.2) is 4.98 Å². The monoisotopic (exact) mass is 373 g/mol. The third-order valence-electron chi connectivity index (χ3n) is 4.52. The first-order chi connectivity index (χ1) is 13.7. The highest BCUT2D eigenvalue weighted by molar-refractivity contribution is 5.93. The van der Waals surface area contributed by atoms with E-state index in [-0.39, 0.29) is 13.2 Å². The number of carbonyl (C=O) groups is 1. The first-order valence-electron chi connectivity index (χ1n) is 8.87. The lowest BCUT2D eigenvalue weighted by molar-refractivity contribution is 0.100. The molecule has 1 amide bonds. The van der Waals surface area contributed by atoms with Gasteiger partial charge in [-0.2, -0.15) is 0 Å². The van der Waals surface area contributed by atoms with Crippen molar-refractivity contribution in [3.8, 4) is 22.6 Å². The highest BCUT2D eigenvalue weighted by atomic mass is 16.5. The summed E-state index contributed by atoms with van der Waals surface area (Å²) < 4.78 is 7.40. The summed E-state index contributed by atoms with van der Waals surface area (Å²) in [7, 11) is 0. The number of primary amides is 1. The predicted molar refractivity (Wildman–Crippen MR) is 108 cm³/mol. The molecule has 6 nitrogen and oxygen atoms in total. The third-order valence-corrected chi connectivity index (χ3v) is 4.52. The lowest BCUT2D eigenvalue weighted by Crippen LogP contribution is -2.10. The van der Waals surface area contributed by atoms with Gasteiger partial charge in [0.15, 0.2) is 0 Å². The van der Waals surface area contributed by atoms with E-state index in [9.17, 15) is 4.79 Å². The molecular weight excluding hydrogens is 354 g/mol. The van der Waals surface area contributed by atoms with E-state index < -0.39 is 5.91 Å². The maximum atomic E-state index is 11.2. The molecule has 0 radical (unpaired) electrons. The van der Waals surface area contributed by atoms with Crippen molar-refractivity contribution < 1.29 is 14.6 Å². The van der Waals surface area contributed by atoms with E-state index in [1.807, 2.05) is 59.2 Å². The number of ether oxygens (including phenoxy) is 1. The summed E-state index contributed by atoms with van der Waals surface area (Å²) in [5.41, 5.74) is 10.6. The van der Waals surface area contributed by atoms with Crippen LogP contribution < -0.4 is 10.5 Å². The van der Waals surface area contributed by atoms with Gasteiger partial charge in [-0.05, 0) is 59.7 Å². The molecule has 140 valence electrons. The fourth-order valence-electron chi connectivity index (χ4n) is 3.09. The maximum absolute atomic E-state index is 11.2. The number of rotatable bonds is 6. The van der Waals surface area contributed by atoms with Crippen LogP contribution >= 0.6 is 0 Å². The molecule has 0 fully saturated rings. The summed E-state index contributed by atoms with van der Waals surface area (Å²) in [6, 6.07) is 20.9. The number of fused-ring (bicyclic) bond motifs is 1. The number of nitrogens with two attached hydrogens (primary N) is 1. The van der Waals surface area contributed by atoms with Crippen LogP contribution in [0.15, 0.2) is 73.1 Å². The van der Waals surface area contributed by atoms with Gasteiger partial charge in [-0.3, -0.25) is 9.36 Å². The van der Waals surface area contributed by atoms with Crippen molar-refractivity contribution >= 4 is 16.9 Å². The fourth-order valence-corrected chi connectivity index (χ4v) is 3.09. The van der Waals surface area contributed by atoms with E-state index in [4.69, 9.17) is 15.6 Å². The molecule has 6 heteroatoms. The molecule has 0 spiro atoms. The van der Waals surface area contributed by atoms with Crippen molar-refractivity contribution in [3.63, 3.8) is 0 Å². The van der Waals surface area contributed by atoms with Crippen LogP contribution in [-0.2, 0) is 0 Å². The minimum Gasteiger partial charge on any atom is -0.491 e. The van der Waals surface area contributed by atoms with Crippen LogP contribution in [0.25, 0.3) is 27.8 Å². The molecule has 0 bridgehead atoms. The third kappa shape index (κ3) is 3.45. The zero-order valence-electron chi connectivity index (χ0n) is 15.1. The number of imidazole rings is 1. The van der Waals surface area contributed by atoms with Gasteiger partial charge in [0.05, 0.1) is 17.6 Å². The number of amides is 1. The summed E-state index contributed by atoms with van der Waals surface area (Å²) in [6.45, 7) is 0.262. The summed E-state index contributed by atoms with van der Waals surface area (Å²) in [5.74, 6) is 0.275. The van der Waals surface area contributed by atoms with Crippen LogP contribution in [0.1, 0.15) is 10.4 Å². The van der Waals surface area contributed by atoms with E-state index in [1.165, 1.54) is 0 Å². The number of carbonyl (C=O) groups excluding carboxylic acids is 1. The second-order valence-electron chi connectivity index (χ2n) is 6.33. The molecule has 1 aromatic heterocycles. The Hall–Kier alpha value is -3.64. The van der Waals surface area contributed by atoms with Gasteiger partial charge >= 0.3 is 0 Å². The Morgan fingerprint density at radius 3 is 2.39 bits per heavy atom. The van der Waals surface area contributed by atoms with Crippen LogP contribution in [0, 0.1) is 0 Å². The van der Waals surface area contributed by atoms with Crippen LogP contribution in [0.2, 0.25) is 0 Å². The van der Waals surface area contributed by atoms with Gasteiger partial charge in [0, 0.05) is 11.3 Å². The zero-order valence-corrected chi connectivity index (χ0v) is 15.1. The van der Waals surface area contributed by atoms with E-state index in [0.29, 0.717) is 11.3 Å². The molecule has 0 aliphatic carbocycles. The quantitative estimate of drug-likeness (QED) is 0.543. The average molecular weight is 373 g/mol. The molecule has 0 saturated carbocycles. The lowest BCUT2D eigenvalue weighted by atomic mass is 10.0. The topological polar surface area (TPSA) is 90.4 Å². The number of aliphatic hydroxyl groups excluding tert-OH is 1. The number of benzene rings is 3. The predicted octanol–water partition coefficient (Wildman–Crippen LogP) is 3.16. The van der Waals surface area contributed by atoms with Crippen LogP contribution in [0.3, 0.4) is 0 Å². The molecule has 0 unspecified atom stereocenters. The normalized spacial score (nSPS) is 10.9. The van der Waals surface area contributed by atoms with Crippen molar-refractivity contribution in [2.75, 3.05) is 13.2 Å². The Kier molecular flexibility index (Phi) is 4.78. The highest BCUT2D eigenvalue weighted by Crippen LogP contribution is 2.26. The Morgan fingerprint density at radius 2 is 1.71 bits per heavy atom. The summed E-state index contributed by atoms with van der Waals surface area (Å²) in [4.78, 5) is 15.7. The molecule has 0 atom stereocenters. The van der Waals surface area contributed by atoms with Gasteiger partial charge < -0.3 is 15.6 Å². The summed E-state index contributed by atoms with van der Waals surface area (Å²) in [6.07, 6.45) is 1.79. The number of aliphatic hydroxyl groups is 1. The second-order valence-corrected chi connectivity index (χ2v) is 6.33. The molecule has 3 N–H and O–H groups in total. The Balaban J connectivity index is 1.63. The average Bonchev–Trinajstić information content (AvgIpc) is 3.16. The number of hydrogen-bond acceptors (Lipinski definition) is 4. The van der Waals surface area contributed by atoms with Gasteiger partial charge in [-0.15, -0.1) is 0 Å². The van der Waals surface area contributed by atoms with E-state index in [2.05, 4.69) is 4.98 Å². The molecule has 4 rings (SSSR count). The molecule has 1 heterocycles. The smallest absolute Gasteiger partial charge is 0.248 e. The second kappa shape index (κ2) is 7.54. The van der Waals surface area contributed by atoms with Crippen LogP contribution in [0.4, 0.5) is 0 Å². The van der Waals surface area contributed by atoms with E-state index in [0.717, 1.165) is 27.8 Å². The van der Waals surface area contributed by atoms with E-state index >= 15 is 0 Å². The number of aromatic nitrogens is 2. The van der Waals surface area contributed by atoms with Crippen molar-refractivity contribution in [2.24, 2.45) is 5.73 Å². The van der Waals surface area contributed by atoms with Gasteiger partial charge in [0.25, 0.3) is 0 Å². The zero-order chi connectivity index (χ0) is 19.5. The van der Waals surface area contributed by atoms with Gasteiger partial charge in [0.2, 0.25) is 5.91 Å². The molecule has 0 aliphatic rings. The highest BCUT2D eigenvalue weighted by Gasteiger charge is 2.08. The van der Waals surface area contributed by atoms with E-state index in [1.54, 1.807) is 18.5 Å². The summed E-state index contributed by atoms with van der Waals surface area (Å²) >= 11 is 0. The molecule has 0 aliphatic heterocycles. The standard InChI is InChI=1S/C22H19N3O3/c23-22(27)16-3-1-15(2-4-16)17-5-10-21-20(13-17)24-14-25(21)18-6-8-19(9-7-18)28-12-11-26/h1-10,13-14,26H,11-12H2,(H2,23,27). The Labute approximate surface area is 161 Å². The number of hydrogen-bond donors (Lipinski definition) is 2. The van der Waals surface area contributed by atoms with Gasteiger partial charge in [-0.1, -0.05) is 18.2 Å². The van der Waals surface area contributed by atoms with Crippen LogP contribution in [0.5, 0.6) is 5.75 Å². The van der Waals surface area contributed by atoms with Crippen LogP contribution in [-0.4, -0.2) is 33.8 Å². The number of nitrogens with zero attached hydrogens (tertiary/aromatic N) is 2. The van der Waals surface area contributed by atoms with Crippen molar-refractivity contribution in [3.05, 3.63) is 78.6 Å². The minimum absolute atomic E-state index is 0.0124. The van der Waals surface area contributed by atoms with Gasteiger partial charge in [0.1, 0.15) is 18.7 Å². The maximum Gasteiger partial charge on any atom is 0.248 e. The van der Waals surface area contributed by atoms with Crippen molar-refractivity contribution in [2.45, 2.75) is 0 Å². The lowest BCUT2D eigenvalue weighted by Gasteiger charge is -2.08. The SMILES string of the molecule is NC(=O)c1ccc(-c2ccc3c(c2)ncn3-c2ccc(OCCO)cc2)cc1.